The number of carbonyl (C=O) groups excluding carboxylic acids is 1. The van der Waals surface area contributed by atoms with E-state index >= 15 is 0 Å². The molecule has 2 aromatic rings. The van der Waals surface area contributed by atoms with Crippen molar-refractivity contribution < 1.29 is 13.9 Å². The van der Waals surface area contributed by atoms with Gasteiger partial charge in [0.05, 0.1) is 13.2 Å². The minimum atomic E-state index is -0.477. The SMILES string of the molecule is COCCn1nc(C(=O)NCc2ccccc2F)ccc1=O. The van der Waals surface area contributed by atoms with E-state index in [0.29, 0.717) is 12.2 Å². The number of hydrogen-bond acceptors (Lipinski definition) is 4. The molecule has 1 heterocycles. The molecule has 1 amide bonds. The second-order valence-electron chi connectivity index (χ2n) is 4.55. The van der Waals surface area contributed by atoms with Gasteiger partial charge in [-0.15, -0.1) is 0 Å². The zero-order chi connectivity index (χ0) is 15.9. The number of amides is 1. The third-order valence-corrected chi connectivity index (χ3v) is 3.00. The van der Waals surface area contributed by atoms with Crippen LogP contribution in [0.4, 0.5) is 4.39 Å². The Labute approximate surface area is 126 Å². The van der Waals surface area contributed by atoms with Crippen LogP contribution < -0.4 is 10.9 Å². The number of carbonyl (C=O) groups is 1. The van der Waals surface area contributed by atoms with E-state index < -0.39 is 5.91 Å². The third-order valence-electron chi connectivity index (χ3n) is 3.00. The van der Waals surface area contributed by atoms with Crippen molar-refractivity contribution in [3.63, 3.8) is 0 Å². The van der Waals surface area contributed by atoms with Crippen LogP contribution in [0.1, 0.15) is 16.1 Å². The van der Waals surface area contributed by atoms with Crippen molar-refractivity contribution in [3.05, 3.63) is 63.8 Å². The van der Waals surface area contributed by atoms with Crippen molar-refractivity contribution in [2.45, 2.75) is 13.1 Å². The molecule has 22 heavy (non-hydrogen) atoms. The summed E-state index contributed by atoms with van der Waals surface area (Å²) in [5.74, 6) is -0.866. The summed E-state index contributed by atoms with van der Waals surface area (Å²) in [4.78, 5) is 23.6. The van der Waals surface area contributed by atoms with Crippen LogP contribution in [0.3, 0.4) is 0 Å². The molecule has 6 nitrogen and oxygen atoms in total. The van der Waals surface area contributed by atoms with Gasteiger partial charge >= 0.3 is 0 Å². The number of benzene rings is 1. The fourth-order valence-electron chi connectivity index (χ4n) is 1.82. The van der Waals surface area contributed by atoms with Crippen LogP contribution in [0, 0.1) is 5.82 Å². The Balaban J connectivity index is 2.06. The van der Waals surface area contributed by atoms with Crippen molar-refractivity contribution in [2.24, 2.45) is 0 Å². The maximum Gasteiger partial charge on any atom is 0.271 e. The van der Waals surface area contributed by atoms with E-state index in [1.807, 2.05) is 0 Å². The van der Waals surface area contributed by atoms with Gasteiger partial charge in [0, 0.05) is 25.3 Å². The largest absolute Gasteiger partial charge is 0.383 e. The van der Waals surface area contributed by atoms with Gasteiger partial charge in [-0.25, -0.2) is 9.07 Å². The van der Waals surface area contributed by atoms with Gasteiger partial charge in [-0.3, -0.25) is 9.59 Å². The Bertz CT molecular complexity index is 715. The van der Waals surface area contributed by atoms with Crippen LogP contribution in [0.2, 0.25) is 0 Å². The first-order valence-corrected chi connectivity index (χ1v) is 6.70. The molecule has 0 spiro atoms. The fourth-order valence-corrected chi connectivity index (χ4v) is 1.82. The summed E-state index contributed by atoms with van der Waals surface area (Å²) in [6, 6.07) is 8.78. The van der Waals surface area contributed by atoms with E-state index in [-0.39, 0.29) is 30.2 Å². The number of aromatic nitrogens is 2. The third kappa shape index (κ3) is 3.98. The van der Waals surface area contributed by atoms with E-state index in [2.05, 4.69) is 10.4 Å². The summed E-state index contributed by atoms with van der Waals surface area (Å²) < 4.78 is 19.5. The molecule has 1 aromatic heterocycles. The molecule has 7 heteroatoms. The van der Waals surface area contributed by atoms with E-state index in [0.717, 1.165) is 4.68 Å². The van der Waals surface area contributed by atoms with Crippen molar-refractivity contribution >= 4 is 5.91 Å². The maximum atomic E-state index is 13.5. The molecule has 0 aliphatic rings. The molecule has 0 aliphatic carbocycles. The fraction of sp³-hybridized carbons (Fsp3) is 0.267. The lowest BCUT2D eigenvalue weighted by Crippen LogP contribution is -2.30. The first kappa shape index (κ1) is 15.8. The summed E-state index contributed by atoms with van der Waals surface area (Å²) in [7, 11) is 1.51. The van der Waals surface area contributed by atoms with Gasteiger partial charge < -0.3 is 10.1 Å². The van der Waals surface area contributed by atoms with Crippen molar-refractivity contribution in [3.8, 4) is 0 Å². The first-order chi connectivity index (χ1) is 10.6. The number of rotatable bonds is 6. The number of ether oxygens (including phenoxy) is 1. The monoisotopic (exact) mass is 305 g/mol. The molecule has 0 aliphatic heterocycles. The van der Waals surface area contributed by atoms with Crippen LogP contribution in [0.15, 0.2) is 41.2 Å². The lowest BCUT2D eigenvalue weighted by molar-refractivity contribution is 0.0942. The quantitative estimate of drug-likeness (QED) is 0.862. The number of methoxy groups -OCH3 is 1. The number of nitrogens with one attached hydrogen (secondary N) is 1. The molecule has 0 unspecified atom stereocenters. The molecule has 1 N–H and O–H groups in total. The standard InChI is InChI=1S/C15H16FN3O3/c1-22-9-8-19-14(20)7-6-13(18-19)15(21)17-10-11-4-2-3-5-12(11)16/h2-7H,8-10H2,1H3,(H,17,21). The Morgan fingerprint density at radius 1 is 1.32 bits per heavy atom. The summed E-state index contributed by atoms with van der Waals surface area (Å²) in [5.41, 5.74) is 0.151. The number of hydrogen-bond donors (Lipinski definition) is 1. The van der Waals surface area contributed by atoms with E-state index in [1.54, 1.807) is 18.2 Å². The van der Waals surface area contributed by atoms with Gasteiger partial charge in [-0.1, -0.05) is 18.2 Å². The predicted octanol–water partition coefficient (Wildman–Crippen LogP) is 0.959. The highest BCUT2D eigenvalue weighted by Crippen LogP contribution is 2.05. The molecule has 0 saturated heterocycles. The molecule has 0 radical (unpaired) electrons. The zero-order valence-corrected chi connectivity index (χ0v) is 12.1. The highest BCUT2D eigenvalue weighted by molar-refractivity contribution is 5.91. The highest BCUT2D eigenvalue weighted by atomic mass is 19.1. The van der Waals surface area contributed by atoms with Gasteiger partial charge in [0.1, 0.15) is 11.5 Å². The van der Waals surface area contributed by atoms with Crippen LogP contribution in [0.25, 0.3) is 0 Å². The predicted molar refractivity (Wildman–Crippen MR) is 77.9 cm³/mol. The molecule has 1 aromatic carbocycles. The molecule has 2 rings (SSSR count). The van der Waals surface area contributed by atoms with Crippen LogP contribution in [0.5, 0.6) is 0 Å². The van der Waals surface area contributed by atoms with Crippen molar-refractivity contribution in [1.29, 1.82) is 0 Å². The van der Waals surface area contributed by atoms with Crippen LogP contribution in [-0.2, 0) is 17.8 Å². The van der Waals surface area contributed by atoms with Gasteiger partial charge in [0.2, 0.25) is 0 Å². The van der Waals surface area contributed by atoms with Crippen molar-refractivity contribution in [2.75, 3.05) is 13.7 Å². The molecular formula is C15H16FN3O3. The Morgan fingerprint density at radius 2 is 2.09 bits per heavy atom. The van der Waals surface area contributed by atoms with Gasteiger partial charge in [0.25, 0.3) is 11.5 Å². The average Bonchev–Trinajstić information content (AvgIpc) is 2.53. The maximum absolute atomic E-state index is 13.5. The first-order valence-electron chi connectivity index (χ1n) is 6.70. The number of nitrogens with zero attached hydrogens (tertiary/aromatic N) is 2. The summed E-state index contributed by atoms with van der Waals surface area (Å²) in [6.07, 6.45) is 0. The minimum absolute atomic E-state index is 0.0460. The molecule has 116 valence electrons. The average molecular weight is 305 g/mol. The minimum Gasteiger partial charge on any atom is -0.383 e. The van der Waals surface area contributed by atoms with Gasteiger partial charge in [0.15, 0.2) is 0 Å². The molecular weight excluding hydrogens is 289 g/mol. The number of halogens is 1. The lowest BCUT2D eigenvalue weighted by Gasteiger charge is -2.08. The lowest BCUT2D eigenvalue weighted by atomic mass is 10.2. The van der Waals surface area contributed by atoms with Gasteiger partial charge in [-0.05, 0) is 12.1 Å². The second kappa shape index (κ2) is 7.46. The summed E-state index contributed by atoms with van der Waals surface area (Å²) >= 11 is 0. The van der Waals surface area contributed by atoms with Crippen molar-refractivity contribution in [1.82, 2.24) is 15.1 Å². The van der Waals surface area contributed by atoms with Gasteiger partial charge in [-0.2, -0.15) is 5.10 Å². The Morgan fingerprint density at radius 3 is 2.82 bits per heavy atom. The van der Waals surface area contributed by atoms with E-state index in [9.17, 15) is 14.0 Å². The smallest absolute Gasteiger partial charge is 0.271 e. The van der Waals surface area contributed by atoms with E-state index in [4.69, 9.17) is 4.74 Å². The second-order valence-corrected chi connectivity index (χ2v) is 4.55. The Kier molecular flexibility index (Phi) is 5.37. The highest BCUT2D eigenvalue weighted by Gasteiger charge is 2.10. The molecule has 0 saturated carbocycles. The molecule has 0 bridgehead atoms. The topological polar surface area (TPSA) is 73.2 Å². The summed E-state index contributed by atoms with van der Waals surface area (Å²) in [5, 5.41) is 6.53. The molecule has 0 fully saturated rings. The molecule has 0 atom stereocenters. The Hall–Kier alpha value is -2.54. The van der Waals surface area contributed by atoms with E-state index in [1.165, 1.54) is 25.3 Å². The summed E-state index contributed by atoms with van der Waals surface area (Å²) in [6.45, 7) is 0.612. The zero-order valence-electron chi connectivity index (χ0n) is 12.1. The normalized spacial score (nSPS) is 10.5. The van der Waals surface area contributed by atoms with Crippen LogP contribution in [-0.4, -0.2) is 29.4 Å². The van der Waals surface area contributed by atoms with Crippen LogP contribution >= 0.6 is 0 Å².